The maximum Gasteiger partial charge on any atom is 0.232 e. The molecule has 0 aliphatic heterocycles. The van der Waals surface area contributed by atoms with Crippen LogP contribution >= 0.6 is 11.3 Å². The Morgan fingerprint density at radius 1 is 1.42 bits per heavy atom. The summed E-state index contributed by atoms with van der Waals surface area (Å²) in [6.07, 6.45) is 5.50. The predicted octanol–water partition coefficient (Wildman–Crippen LogP) is 2.99. The molecule has 0 spiro atoms. The van der Waals surface area contributed by atoms with E-state index in [0.29, 0.717) is 23.4 Å². The Morgan fingerprint density at radius 2 is 2.32 bits per heavy atom. The Labute approximate surface area is 116 Å². The Morgan fingerprint density at radius 3 is 3.05 bits per heavy atom. The first-order chi connectivity index (χ1) is 9.20. The van der Waals surface area contributed by atoms with Crippen molar-refractivity contribution in [3.8, 4) is 0 Å². The standard InChI is InChI=1S/C13H18N4OS/c1-8-3-2-4-9(5-8)12-16-11(18-17-12)6-10-7-19-13(14)15-10/h7-9H,2-6H2,1H3,(H2,14,15). The lowest BCUT2D eigenvalue weighted by molar-refractivity contribution is 0.320. The van der Waals surface area contributed by atoms with Crippen molar-refractivity contribution >= 4 is 16.5 Å². The molecule has 102 valence electrons. The largest absolute Gasteiger partial charge is 0.375 e. The third-order valence-corrected chi connectivity index (χ3v) is 4.41. The molecule has 19 heavy (non-hydrogen) atoms. The Bertz CT molecular complexity index is 550. The maximum absolute atomic E-state index is 5.61. The molecule has 1 saturated carbocycles. The Balaban J connectivity index is 1.69. The minimum atomic E-state index is 0.460. The first kappa shape index (κ1) is 12.6. The molecule has 1 fully saturated rings. The number of thiazole rings is 1. The van der Waals surface area contributed by atoms with Gasteiger partial charge in [0.1, 0.15) is 0 Å². The molecular formula is C13H18N4OS. The van der Waals surface area contributed by atoms with E-state index in [9.17, 15) is 0 Å². The highest BCUT2D eigenvalue weighted by molar-refractivity contribution is 7.13. The van der Waals surface area contributed by atoms with E-state index in [2.05, 4.69) is 22.0 Å². The van der Waals surface area contributed by atoms with Crippen molar-refractivity contribution in [1.29, 1.82) is 0 Å². The zero-order valence-corrected chi connectivity index (χ0v) is 11.8. The molecule has 6 heteroatoms. The van der Waals surface area contributed by atoms with Crippen molar-refractivity contribution in [2.75, 3.05) is 5.73 Å². The predicted molar refractivity (Wildman–Crippen MR) is 74.0 cm³/mol. The molecule has 1 aliphatic rings. The highest BCUT2D eigenvalue weighted by atomic mass is 32.1. The van der Waals surface area contributed by atoms with Gasteiger partial charge in [-0.05, 0) is 18.8 Å². The first-order valence-corrected chi connectivity index (χ1v) is 7.61. The van der Waals surface area contributed by atoms with Crippen LogP contribution in [0.4, 0.5) is 5.13 Å². The van der Waals surface area contributed by atoms with Gasteiger partial charge in [0.05, 0.1) is 12.1 Å². The van der Waals surface area contributed by atoms with E-state index in [0.717, 1.165) is 17.4 Å². The van der Waals surface area contributed by atoms with Gasteiger partial charge in [-0.3, -0.25) is 0 Å². The molecule has 0 saturated heterocycles. The van der Waals surface area contributed by atoms with Gasteiger partial charge in [0.2, 0.25) is 5.89 Å². The number of nitrogen functional groups attached to an aromatic ring is 1. The summed E-state index contributed by atoms with van der Waals surface area (Å²) in [6.45, 7) is 2.30. The molecular weight excluding hydrogens is 260 g/mol. The monoisotopic (exact) mass is 278 g/mol. The molecule has 0 radical (unpaired) electrons. The lowest BCUT2D eigenvalue weighted by Gasteiger charge is -2.23. The summed E-state index contributed by atoms with van der Waals surface area (Å²) in [5.41, 5.74) is 6.51. The second-order valence-corrected chi connectivity index (χ2v) is 6.26. The van der Waals surface area contributed by atoms with Gasteiger partial charge >= 0.3 is 0 Å². The molecule has 2 N–H and O–H groups in total. The van der Waals surface area contributed by atoms with Crippen LogP contribution in [0, 0.1) is 5.92 Å². The maximum atomic E-state index is 5.61. The molecule has 0 amide bonds. The third-order valence-electron chi connectivity index (χ3n) is 3.69. The number of hydrogen-bond acceptors (Lipinski definition) is 6. The minimum Gasteiger partial charge on any atom is -0.375 e. The lowest BCUT2D eigenvalue weighted by atomic mass is 9.82. The van der Waals surface area contributed by atoms with E-state index in [4.69, 9.17) is 10.3 Å². The minimum absolute atomic E-state index is 0.460. The van der Waals surface area contributed by atoms with Crippen LogP contribution in [0.5, 0.6) is 0 Å². The first-order valence-electron chi connectivity index (χ1n) is 6.73. The fourth-order valence-electron chi connectivity index (χ4n) is 2.73. The van der Waals surface area contributed by atoms with Crippen molar-refractivity contribution in [2.24, 2.45) is 5.92 Å². The van der Waals surface area contributed by atoms with Gasteiger partial charge in [0, 0.05) is 11.3 Å². The fourth-order valence-corrected chi connectivity index (χ4v) is 3.30. The van der Waals surface area contributed by atoms with Crippen molar-refractivity contribution < 1.29 is 4.52 Å². The summed E-state index contributed by atoms with van der Waals surface area (Å²) in [4.78, 5) is 8.73. The molecule has 0 aromatic carbocycles. The van der Waals surface area contributed by atoms with E-state index < -0.39 is 0 Å². The lowest BCUT2D eigenvalue weighted by Crippen LogP contribution is -2.12. The van der Waals surface area contributed by atoms with Crippen LogP contribution in [0.25, 0.3) is 0 Å². The average Bonchev–Trinajstić information content (AvgIpc) is 2.99. The summed E-state index contributed by atoms with van der Waals surface area (Å²) < 4.78 is 5.33. The highest BCUT2D eigenvalue weighted by Gasteiger charge is 2.24. The molecule has 0 bridgehead atoms. The molecule has 2 heterocycles. The van der Waals surface area contributed by atoms with Gasteiger partial charge in [0.25, 0.3) is 0 Å². The van der Waals surface area contributed by atoms with Crippen LogP contribution in [-0.2, 0) is 6.42 Å². The van der Waals surface area contributed by atoms with Gasteiger partial charge < -0.3 is 10.3 Å². The Hall–Kier alpha value is -1.43. The van der Waals surface area contributed by atoms with Crippen LogP contribution < -0.4 is 5.73 Å². The van der Waals surface area contributed by atoms with E-state index in [-0.39, 0.29) is 0 Å². The molecule has 2 atom stereocenters. The molecule has 1 aliphatic carbocycles. The summed E-state index contributed by atoms with van der Waals surface area (Å²) >= 11 is 1.44. The molecule has 2 aromatic rings. The van der Waals surface area contributed by atoms with Crippen LogP contribution in [0.2, 0.25) is 0 Å². The summed E-state index contributed by atoms with van der Waals surface area (Å²) in [7, 11) is 0. The Kier molecular flexibility index (Phi) is 3.50. The van der Waals surface area contributed by atoms with Crippen LogP contribution in [-0.4, -0.2) is 15.1 Å². The fraction of sp³-hybridized carbons (Fsp3) is 0.615. The van der Waals surface area contributed by atoms with Crippen LogP contribution in [0.1, 0.15) is 55.9 Å². The summed E-state index contributed by atoms with van der Waals surface area (Å²) in [5, 5.41) is 6.65. The summed E-state index contributed by atoms with van der Waals surface area (Å²) in [5.74, 6) is 2.73. The number of hydrogen-bond donors (Lipinski definition) is 1. The van der Waals surface area contributed by atoms with Gasteiger partial charge in [-0.2, -0.15) is 4.98 Å². The van der Waals surface area contributed by atoms with Crippen LogP contribution in [0.3, 0.4) is 0 Å². The van der Waals surface area contributed by atoms with Gasteiger partial charge in [0.15, 0.2) is 11.0 Å². The quantitative estimate of drug-likeness (QED) is 0.933. The van der Waals surface area contributed by atoms with E-state index in [1.165, 1.54) is 37.0 Å². The second-order valence-electron chi connectivity index (χ2n) is 5.37. The zero-order valence-electron chi connectivity index (χ0n) is 11.0. The van der Waals surface area contributed by atoms with Gasteiger partial charge in [-0.15, -0.1) is 11.3 Å². The molecule has 2 unspecified atom stereocenters. The average molecular weight is 278 g/mol. The zero-order chi connectivity index (χ0) is 13.2. The van der Waals surface area contributed by atoms with E-state index in [1.807, 2.05) is 5.38 Å². The van der Waals surface area contributed by atoms with Crippen molar-refractivity contribution in [1.82, 2.24) is 15.1 Å². The van der Waals surface area contributed by atoms with Gasteiger partial charge in [-0.25, -0.2) is 4.98 Å². The molecule has 3 rings (SSSR count). The van der Waals surface area contributed by atoms with E-state index >= 15 is 0 Å². The normalized spacial score (nSPS) is 23.6. The third kappa shape index (κ3) is 2.94. The highest BCUT2D eigenvalue weighted by Crippen LogP contribution is 2.34. The molecule has 5 nitrogen and oxygen atoms in total. The molecule has 2 aromatic heterocycles. The number of nitrogens with zero attached hydrogens (tertiary/aromatic N) is 3. The second kappa shape index (κ2) is 5.28. The number of anilines is 1. The number of aromatic nitrogens is 3. The number of nitrogens with two attached hydrogens (primary N) is 1. The van der Waals surface area contributed by atoms with Crippen molar-refractivity contribution in [3.63, 3.8) is 0 Å². The number of rotatable bonds is 3. The van der Waals surface area contributed by atoms with Gasteiger partial charge in [-0.1, -0.05) is 24.9 Å². The smallest absolute Gasteiger partial charge is 0.232 e. The van der Waals surface area contributed by atoms with E-state index in [1.54, 1.807) is 0 Å². The summed E-state index contributed by atoms with van der Waals surface area (Å²) in [6, 6.07) is 0. The topological polar surface area (TPSA) is 77.8 Å². The van der Waals surface area contributed by atoms with Crippen LogP contribution in [0.15, 0.2) is 9.90 Å². The van der Waals surface area contributed by atoms with Crippen molar-refractivity contribution in [3.05, 3.63) is 22.8 Å². The SMILES string of the molecule is CC1CCCC(c2noc(Cc3csc(N)n3)n2)C1. The van der Waals surface area contributed by atoms with Crippen molar-refractivity contribution in [2.45, 2.75) is 44.9 Å².